The van der Waals surface area contributed by atoms with E-state index in [-0.39, 0.29) is 0 Å². The van der Waals surface area contributed by atoms with Crippen molar-refractivity contribution >= 4 is 17.2 Å². The molecule has 0 saturated heterocycles. The van der Waals surface area contributed by atoms with Crippen LogP contribution < -0.4 is 11.5 Å². The Balaban J connectivity index is 2.42. The van der Waals surface area contributed by atoms with Crippen molar-refractivity contribution in [3.63, 3.8) is 0 Å². The van der Waals surface area contributed by atoms with Crippen LogP contribution in [-0.2, 0) is 0 Å². The standard InChI is InChI=1S/C14H15N3/c1-10-6-2-5-9-13(10)17-14(16)11-7-3-4-8-12(11)15/h2-9H,15H2,1H3,(H2,16,17). The summed E-state index contributed by atoms with van der Waals surface area (Å²) in [5, 5.41) is 0. The van der Waals surface area contributed by atoms with E-state index in [4.69, 9.17) is 11.5 Å². The van der Waals surface area contributed by atoms with Crippen molar-refractivity contribution in [2.24, 2.45) is 10.7 Å². The normalized spacial score (nSPS) is 11.5. The molecule has 2 rings (SSSR count). The molecule has 0 radical (unpaired) electrons. The van der Waals surface area contributed by atoms with Gasteiger partial charge >= 0.3 is 0 Å². The molecule has 0 aliphatic carbocycles. The number of nitrogen functional groups attached to an aromatic ring is 1. The van der Waals surface area contributed by atoms with E-state index in [1.165, 1.54) is 0 Å². The summed E-state index contributed by atoms with van der Waals surface area (Å²) in [6.07, 6.45) is 0. The minimum Gasteiger partial charge on any atom is -0.398 e. The summed E-state index contributed by atoms with van der Waals surface area (Å²) < 4.78 is 0. The molecule has 0 aromatic heterocycles. The summed E-state index contributed by atoms with van der Waals surface area (Å²) >= 11 is 0. The minimum atomic E-state index is 0.442. The van der Waals surface area contributed by atoms with Gasteiger partial charge in [0, 0.05) is 11.3 Å². The predicted molar refractivity (Wildman–Crippen MR) is 72.4 cm³/mol. The number of hydrogen-bond acceptors (Lipinski definition) is 2. The third-order valence-corrected chi connectivity index (χ3v) is 2.59. The van der Waals surface area contributed by atoms with Gasteiger partial charge in [-0.1, -0.05) is 30.3 Å². The van der Waals surface area contributed by atoms with Gasteiger partial charge in [0.05, 0.1) is 5.69 Å². The van der Waals surface area contributed by atoms with E-state index in [1.54, 1.807) is 0 Å². The Morgan fingerprint density at radius 2 is 1.65 bits per heavy atom. The average Bonchev–Trinajstić information content (AvgIpc) is 2.32. The van der Waals surface area contributed by atoms with Gasteiger partial charge in [-0.2, -0.15) is 0 Å². The second-order valence-electron chi connectivity index (χ2n) is 3.87. The maximum absolute atomic E-state index is 5.97. The molecule has 0 aliphatic rings. The number of nitrogens with zero attached hydrogens (tertiary/aromatic N) is 1. The quantitative estimate of drug-likeness (QED) is 0.469. The van der Waals surface area contributed by atoms with Crippen LogP contribution in [0.1, 0.15) is 11.1 Å². The molecular formula is C14H15N3. The Hall–Kier alpha value is -2.29. The summed E-state index contributed by atoms with van der Waals surface area (Å²) in [6, 6.07) is 15.3. The van der Waals surface area contributed by atoms with Gasteiger partial charge in [-0.05, 0) is 30.7 Å². The van der Waals surface area contributed by atoms with E-state index in [2.05, 4.69) is 4.99 Å². The van der Waals surface area contributed by atoms with E-state index >= 15 is 0 Å². The molecule has 0 spiro atoms. The lowest BCUT2D eigenvalue weighted by atomic mass is 10.1. The maximum atomic E-state index is 5.97. The van der Waals surface area contributed by atoms with E-state index in [9.17, 15) is 0 Å². The first-order valence-electron chi connectivity index (χ1n) is 5.43. The maximum Gasteiger partial charge on any atom is 0.133 e. The van der Waals surface area contributed by atoms with Crippen molar-refractivity contribution in [3.8, 4) is 0 Å². The molecule has 0 amide bonds. The largest absolute Gasteiger partial charge is 0.398 e. The fourth-order valence-electron chi connectivity index (χ4n) is 1.61. The molecule has 0 atom stereocenters. The lowest BCUT2D eigenvalue weighted by Gasteiger charge is -2.05. The summed E-state index contributed by atoms with van der Waals surface area (Å²) in [5.41, 5.74) is 15.2. The molecule has 0 aliphatic heterocycles. The molecule has 86 valence electrons. The van der Waals surface area contributed by atoms with Gasteiger partial charge in [-0.3, -0.25) is 0 Å². The first-order valence-corrected chi connectivity index (χ1v) is 5.43. The highest BCUT2D eigenvalue weighted by atomic mass is 14.9. The number of nitrogens with two attached hydrogens (primary N) is 2. The van der Waals surface area contributed by atoms with E-state index in [0.29, 0.717) is 11.5 Å². The van der Waals surface area contributed by atoms with Gasteiger partial charge in [0.25, 0.3) is 0 Å². The molecule has 0 saturated carbocycles. The van der Waals surface area contributed by atoms with Crippen LogP contribution in [0, 0.1) is 6.92 Å². The van der Waals surface area contributed by atoms with Crippen molar-refractivity contribution in [1.82, 2.24) is 0 Å². The monoisotopic (exact) mass is 225 g/mol. The zero-order chi connectivity index (χ0) is 12.3. The van der Waals surface area contributed by atoms with Crippen LogP contribution in [0.4, 0.5) is 11.4 Å². The van der Waals surface area contributed by atoms with E-state index in [0.717, 1.165) is 16.8 Å². The predicted octanol–water partition coefficient (Wildman–Crippen LogP) is 2.61. The second kappa shape index (κ2) is 4.70. The number of anilines is 1. The molecule has 2 aromatic rings. The van der Waals surface area contributed by atoms with Crippen molar-refractivity contribution < 1.29 is 0 Å². The van der Waals surface area contributed by atoms with Crippen LogP contribution in [-0.4, -0.2) is 5.84 Å². The zero-order valence-electron chi connectivity index (χ0n) is 9.72. The van der Waals surface area contributed by atoms with Crippen LogP contribution in [0.3, 0.4) is 0 Å². The Labute approximate surface area is 101 Å². The number of benzene rings is 2. The number of rotatable bonds is 2. The van der Waals surface area contributed by atoms with Gasteiger partial charge in [-0.25, -0.2) is 4.99 Å². The van der Waals surface area contributed by atoms with E-state index in [1.807, 2.05) is 55.5 Å². The fraction of sp³-hybridized carbons (Fsp3) is 0.0714. The highest BCUT2D eigenvalue weighted by molar-refractivity contribution is 6.03. The lowest BCUT2D eigenvalue weighted by Crippen LogP contribution is -2.14. The third-order valence-electron chi connectivity index (χ3n) is 2.59. The number of aliphatic imine (C=N–C) groups is 1. The first-order chi connectivity index (χ1) is 8.18. The van der Waals surface area contributed by atoms with Crippen LogP contribution in [0.25, 0.3) is 0 Å². The van der Waals surface area contributed by atoms with Crippen LogP contribution >= 0.6 is 0 Å². The van der Waals surface area contributed by atoms with Gasteiger partial charge < -0.3 is 11.5 Å². The van der Waals surface area contributed by atoms with Crippen LogP contribution in [0.15, 0.2) is 53.5 Å². The van der Waals surface area contributed by atoms with Gasteiger partial charge in [0.1, 0.15) is 5.84 Å². The van der Waals surface area contributed by atoms with Gasteiger partial charge in [0.15, 0.2) is 0 Å². The number of aryl methyl sites for hydroxylation is 1. The minimum absolute atomic E-state index is 0.442. The summed E-state index contributed by atoms with van der Waals surface area (Å²) in [7, 11) is 0. The average molecular weight is 225 g/mol. The highest BCUT2D eigenvalue weighted by Crippen LogP contribution is 2.19. The molecule has 3 nitrogen and oxygen atoms in total. The number of hydrogen-bond donors (Lipinski definition) is 2. The van der Waals surface area contributed by atoms with Crippen molar-refractivity contribution in [2.45, 2.75) is 6.92 Å². The summed E-state index contributed by atoms with van der Waals surface area (Å²) in [5.74, 6) is 0.442. The molecule has 0 fully saturated rings. The van der Waals surface area contributed by atoms with Crippen molar-refractivity contribution in [3.05, 3.63) is 59.7 Å². The first kappa shape index (κ1) is 11.2. The Kier molecular flexibility index (Phi) is 3.10. The molecular weight excluding hydrogens is 210 g/mol. The highest BCUT2D eigenvalue weighted by Gasteiger charge is 2.03. The second-order valence-corrected chi connectivity index (χ2v) is 3.87. The van der Waals surface area contributed by atoms with Crippen molar-refractivity contribution in [1.29, 1.82) is 0 Å². The lowest BCUT2D eigenvalue weighted by molar-refractivity contribution is 1.38. The molecule has 17 heavy (non-hydrogen) atoms. The van der Waals surface area contributed by atoms with Gasteiger partial charge in [0.2, 0.25) is 0 Å². The zero-order valence-corrected chi connectivity index (χ0v) is 9.72. The molecule has 0 heterocycles. The smallest absolute Gasteiger partial charge is 0.133 e. The fourth-order valence-corrected chi connectivity index (χ4v) is 1.61. The number of para-hydroxylation sites is 2. The molecule has 4 N–H and O–H groups in total. The Morgan fingerprint density at radius 1 is 1.00 bits per heavy atom. The Bertz CT molecular complexity index is 559. The molecule has 3 heteroatoms. The SMILES string of the molecule is Cc1ccccc1N=C(N)c1ccccc1N. The molecule has 2 aromatic carbocycles. The third kappa shape index (κ3) is 2.45. The van der Waals surface area contributed by atoms with Crippen LogP contribution in [0.2, 0.25) is 0 Å². The summed E-state index contributed by atoms with van der Waals surface area (Å²) in [6.45, 7) is 2.00. The molecule has 0 unspecified atom stereocenters. The Morgan fingerprint density at radius 3 is 2.35 bits per heavy atom. The number of amidine groups is 1. The van der Waals surface area contributed by atoms with Crippen LogP contribution in [0.5, 0.6) is 0 Å². The topological polar surface area (TPSA) is 64.4 Å². The van der Waals surface area contributed by atoms with Gasteiger partial charge in [-0.15, -0.1) is 0 Å². The summed E-state index contributed by atoms with van der Waals surface area (Å²) in [4.78, 5) is 4.40. The molecule has 0 bridgehead atoms. The van der Waals surface area contributed by atoms with E-state index < -0.39 is 0 Å². The van der Waals surface area contributed by atoms with Crippen molar-refractivity contribution in [2.75, 3.05) is 5.73 Å².